The number of carboxylic acids is 1. The number of hydrogen-bond acceptors (Lipinski definition) is 5. The Morgan fingerprint density at radius 2 is 2.24 bits per heavy atom. The lowest BCUT2D eigenvalue weighted by Gasteiger charge is -2.22. The van der Waals surface area contributed by atoms with Gasteiger partial charge in [-0.1, -0.05) is 0 Å². The molecule has 2 heterocycles. The van der Waals surface area contributed by atoms with Crippen LogP contribution in [0.15, 0.2) is 18.2 Å². The highest BCUT2D eigenvalue weighted by atomic mass is 32.2. The number of carbonyl (C=O) groups excluding carboxylic acids is 2. The minimum atomic E-state index is -1.01. The molecule has 0 saturated carbocycles. The SMILES string of the molecule is O=C1COc2ccc(C(=O)N3CSC[C@H]3C(=O)O)cc2N1. The maximum absolute atomic E-state index is 12.4. The molecule has 21 heavy (non-hydrogen) atoms. The molecule has 0 aromatic heterocycles. The Bertz CT molecular complexity index is 633. The second-order valence-electron chi connectivity index (χ2n) is 4.68. The van der Waals surface area contributed by atoms with Crippen LogP contribution in [-0.2, 0) is 9.59 Å². The molecule has 3 rings (SSSR count). The highest BCUT2D eigenvalue weighted by Crippen LogP contribution is 2.30. The lowest BCUT2D eigenvalue weighted by atomic mass is 10.1. The third kappa shape index (κ3) is 2.54. The third-order valence-electron chi connectivity index (χ3n) is 3.29. The summed E-state index contributed by atoms with van der Waals surface area (Å²) in [6.45, 7) is -0.0514. The van der Waals surface area contributed by atoms with Gasteiger partial charge in [0, 0.05) is 11.3 Å². The van der Waals surface area contributed by atoms with Gasteiger partial charge < -0.3 is 20.1 Å². The Kier molecular flexibility index (Phi) is 3.46. The molecule has 2 N–H and O–H groups in total. The molecule has 0 spiro atoms. The number of ether oxygens (including phenoxy) is 1. The summed E-state index contributed by atoms with van der Waals surface area (Å²) in [5.74, 6) is -0.441. The Balaban J connectivity index is 1.87. The number of carbonyl (C=O) groups is 3. The van der Waals surface area contributed by atoms with Crippen LogP contribution in [0, 0.1) is 0 Å². The summed E-state index contributed by atoms with van der Waals surface area (Å²) in [5, 5.41) is 11.7. The number of thioether (sulfide) groups is 1. The quantitative estimate of drug-likeness (QED) is 0.831. The van der Waals surface area contributed by atoms with E-state index in [-0.39, 0.29) is 18.4 Å². The largest absolute Gasteiger partial charge is 0.482 e. The fourth-order valence-electron chi connectivity index (χ4n) is 2.23. The highest BCUT2D eigenvalue weighted by molar-refractivity contribution is 7.99. The molecule has 0 unspecified atom stereocenters. The van der Waals surface area contributed by atoms with E-state index in [0.29, 0.717) is 28.6 Å². The maximum Gasteiger partial charge on any atom is 0.327 e. The Hall–Kier alpha value is -2.22. The van der Waals surface area contributed by atoms with E-state index in [4.69, 9.17) is 9.84 Å². The van der Waals surface area contributed by atoms with Crippen molar-refractivity contribution in [3.8, 4) is 5.75 Å². The molecule has 2 aliphatic heterocycles. The third-order valence-corrected chi connectivity index (χ3v) is 4.30. The number of nitrogens with one attached hydrogen (secondary N) is 1. The van der Waals surface area contributed by atoms with Gasteiger partial charge in [-0.05, 0) is 18.2 Å². The fraction of sp³-hybridized carbons (Fsp3) is 0.308. The van der Waals surface area contributed by atoms with Crippen molar-refractivity contribution in [1.29, 1.82) is 0 Å². The first-order chi connectivity index (χ1) is 10.1. The van der Waals surface area contributed by atoms with Crippen molar-refractivity contribution in [3.05, 3.63) is 23.8 Å². The number of anilines is 1. The monoisotopic (exact) mass is 308 g/mol. The van der Waals surface area contributed by atoms with E-state index in [1.807, 2.05) is 0 Å². The van der Waals surface area contributed by atoms with Crippen molar-refractivity contribution >= 4 is 35.2 Å². The molecule has 1 saturated heterocycles. The van der Waals surface area contributed by atoms with Gasteiger partial charge in [0.1, 0.15) is 11.8 Å². The molecule has 110 valence electrons. The summed E-state index contributed by atoms with van der Waals surface area (Å²) in [6.07, 6.45) is 0. The van der Waals surface area contributed by atoms with Crippen LogP contribution >= 0.6 is 11.8 Å². The van der Waals surface area contributed by atoms with E-state index in [9.17, 15) is 14.4 Å². The number of carboxylic acid groups (broad SMARTS) is 1. The molecule has 0 aliphatic carbocycles. The predicted molar refractivity (Wildman–Crippen MR) is 75.5 cm³/mol. The van der Waals surface area contributed by atoms with Gasteiger partial charge >= 0.3 is 5.97 Å². The smallest absolute Gasteiger partial charge is 0.327 e. The van der Waals surface area contributed by atoms with Gasteiger partial charge in [-0.3, -0.25) is 9.59 Å². The van der Waals surface area contributed by atoms with Gasteiger partial charge in [0.05, 0.1) is 11.6 Å². The van der Waals surface area contributed by atoms with Gasteiger partial charge in [0.15, 0.2) is 6.61 Å². The Morgan fingerprint density at radius 1 is 1.43 bits per heavy atom. The van der Waals surface area contributed by atoms with Crippen molar-refractivity contribution in [3.63, 3.8) is 0 Å². The summed E-state index contributed by atoms with van der Waals surface area (Å²) >= 11 is 1.40. The number of nitrogens with zero attached hydrogens (tertiary/aromatic N) is 1. The molecule has 7 nitrogen and oxygen atoms in total. The molecule has 1 fully saturated rings. The topological polar surface area (TPSA) is 95.9 Å². The summed E-state index contributed by atoms with van der Waals surface area (Å²) in [6, 6.07) is 3.86. The van der Waals surface area contributed by atoms with Crippen molar-refractivity contribution in [2.45, 2.75) is 6.04 Å². The summed E-state index contributed by atoms with van der Waals surface area (Å²) in [5.41, 5.74) is 0.754. The normalized spacial score (nSPS) is 20.5. The van der Waals surface area contributed by atoms with Crippen molar-refractivity contribution in [2.75, 3.05) is 23.6 Å². The number of aliphatic carboxylic acids is 1. The molecule has 1 aromatic rings. The molecule has 2 aliphatic rings. The van der Waals surface area contributed by atoms with Crippen LogP contribution in [0.1, 0.15) is 10.4 Å². The predicted octanol–water partition coefficient (Wildman–Crippen LogP) is 0.617. The first-order valence-electron chi connectivity index (χ1n) is 6.24. The molecule has 0 bridgehead atoms. The number of amides is 2. The van der Waals surface area contributed by atoms with Crippen LogP contribution in [-0.4, -0.2) is 52.1 Å². The Labute approximate surface area is 124 Å². The van der Waals surface area contributed by atoms with Crippen LogP contribution in [0.4, 0.5) is 5.69 Å². The average Bonchev–Trinajstić information content (AvgIpc) is 2.95. The van der Waals surface area contributed by atoms with Gasteiger partial charge in [0.25, 0.3) is 11.8 Å². The first kappa shape index (κ1) is 13.7. The number of fused-ring (bicyclic) bond motifs is 1. The van der Waals surface area contributed by atoms with Crippen LogP contribution in [0.3, 0.4) is 0 Å². The minimum Gasteiger partial charge on any atom is -0.482 e. The van der Waals surface area contributed by atoms with Gasteiger partial charge in [-0.25, -0.2) is 4.79 Å². The summed E-state index contributed by atoms with van der Waals surface area (Å²) < 4.78 is 5.22. The number of rotatable bonds is 2. The Morgan fingerprint density at radius 3 is 3.00 bits per heavy atom. The van der Waals surface area contributed by atoms with E-state index < -0.39 is 12.0 Å². The second kappa shape index (κ2) is 5.28. The van der Waals surface area contributed by atoms with Crippen LogP contribution < -0.4 is 10.1 Å². The van der Waals surface area contributed by atoms with Gasteiger partial charge in [-0.2, -0.15) is 0 Å². The summed E-state index contributed by atoms with van der Waals surface area (Å²) in [4.78, 5) is 36.2. The minimum absolute atomic E-state index is 0.0514. The first-order valence-corrected chi connectivity index (χ1v) is 7.40. The van der Waals surface area contributed by atoms with E-state index in [0.717, 1.165) is 0 Å². The fourth-order valence-corrected chi connectivity index (χ4v) is 3.37. The van der Waals surface area contributed by atoms with Gasteiger partial charge in [0.2, 0.25) is 0 Å². The van der Waals surface area contributed by atoms with Crippen molar-refractivity contribution < 1.29 is 24.2 Å². The van der Waals surface area contributed by atoms with E-state index in [1.54, 1.807) is 12.1 Å². The van der Waals surface area contributed by atoms with Crippen LogP contribution in [0.25, 0.3) is 0 Å². The second-order valence-corrected chi connectivity index (χ2v) is 5.68. The van der Waals surface area contributed by atoms with E-state index >= 15 is 0 Å². The molecule has 1 atom stereocenters. The van der Waals surface area contributed by atoms with E-state index in [2.05, 4.69) is 5.32 Å². The zero-order valence-electron chi connectivity index (χ0n) is 10.9. The van der Waals surface area contributed by atoms with Gasteiger partial charge in [-0.15, -0.1) is 11.8 Å². The molecule has 0 radical (unpaired) electrons. The van der Waals surface area contributed by atoms with Crippen molar-refractivity contribution in [2.24, 2.45) is 0 Å². The van der Waals surface area contributed by atoms with Crippen LogP contribution in [0.5, 0.6) is 5.75 Å². The maximum atomic E-state index is 12.4. The zero-order chi connectivity index (χ0) is 15.0. The standard InChI is InChI=1S/C13H12N2O5S/c16-11-4-20-10-2-1-7(3-8(10)14-11)12(17)15-6-21-5-9(15)13(18)19/h1-3,9H,4-6H2,(H,14,16)(H,18,19)/t9-/m0/s1. The molecule has 1 aromatic carbocycles. The highest BCUT2D eigenvalue weighted by Gasteiger charge is 2.35. The average molecular weight is 308 g/mol. The zero-order valence-corrected chi connectivity index (χ0v) is 11.7. The summed E-state index contributed by atoms with van der Waals surface area (Å²) in [7, 11) is 0. The van der Waals surface area contributed by atoms with E-state index in [1.165, 1.54) is 22.7 Å². The van der Waals surface area contributed by atoms with Crippen molar-refractivity contribution in [1.82, 2.24) is 4.90 Å². The lowest BCUT2D eigenvalue weighted by molar-refractivity contribution is -0.140. The molecular formula is C13H12N2O5S. The number of benzene rings is 1. The molecule has 8 heteroatoms. The molecule has 2 amide bonds. The lowest BCUT2D eigenvalue weighted by Crippen LogP contribution is -2.41. The molecular weight excluding hydrogens is 296 g/mol. The number of hydrogen-bond donors (Lipinski definition) is 2. The van der Waals surface area contributed by atoms with Crippen LogP contribution in [0.2, 0.25) is 0 Å².